The number of sulfonamides is 1. The molecule has 0 bridgehead atoms. The van der Waals surface area contributed by atoms with E-state index < -0.39 is 16.0 Å². The zero-order chi connectivity index (χ0) is 14.9. The lowest BCUT2D eigenvalue weighted by molar-refractivity contribution is 0.0596. The van der Waals surface area contributed by atoms with E-state index in [1.54, 1.807) is 7.05 Å². The predicted molar refractivity (Wildman–Crippen MR) is 71.7 cm³/mol. The molecule has 1 fully saturated rings. The van der Waals surface area contributed by atoms with Crippen LogP contribution >= 0.6 is 0 Å². The van der Waals surface area contributed by atoms with Gasteiger partial charge in [-0.2, -0.15) is 9.40 Å². The number of carbonyl (C=O) groups excluding carboxylic acids is 1. The second-order valence-electron chi connectivity index (χ2n) is 5.12. The molecule has 0 aliphatic carbocycles. The number of aryl methyl sites for hydroxylation is 1. The third kappa shape index (κ3) is 2.71. The van der Waals surface area contributed by atoms with Crippen LogP contribution in [0.15, 0.2) is 11.2 Å². The Labute approximate surface area is 118 Å². The number of aromatic nitrogens is 2. The predicted octanol–water partition coefficient (Wildman–Crippen LogP) is 0.627. The summed E-state index contributed by atoms with van der Waals surface area (Å²) in [5, 5.41) is 3.72. The Morgan fingerprint density at radius 2 is 2.20 bits per heavy atom. The molecule has 1 saturated heterocycles. The van der Waals surface area contributed by atoms with E-state index in [1.165, 1.54) is 22.3 Å². The van der Waals surface area contributed by atoms with Crippen molar-refractivity contribution in [1.82, 2.24) is 14.1 Å². The lowest BCUT2D eigenvalue weighted by Crippen LogP contribution is -2.39. The number of nitrogens with zero attached hydrogens (tertiary/aromatic N) is 3. The summed E-state index contributed by atoms with van der Waals surface area (Å²) in [6.45, 7) is 2.94. The molecule has 1 aliphatic rings. The summed E-state index contributed by atoms with van der Waals surface area (Å²) in [6, 6.07) is 0. The molecule has 20 heavy (non-hydrogen) atoms. The topological polar surface area (TPSA) is 81.5 Å². The molecule has 1 aliphatic heterocycles. The van der Waals surface area contributed by atoms with E-state index in [-0.39, 0.29) is 10.6 Å². The summed E-state index contributed by atoms with van der Waals surface area (Å²) in [6.07, 6.45) is 3.20. The number of esters is 1. The number of piperidine rings is 1. The smallest absolute Gasteiger partial charge is 0.342 e. The van der Waals surface area contributed by atoms with E-state index in [2.05, 4.69) is 9.84 Å². The van der Waals surface area contributed by atoms with Gasteiger partial charge in [-0.15, -0.1) is 0 Å². The van der Waals surface area contributed by atoms with Crippen molar-refractivity contribution in [1.29, 1.82) is 0 Å². The van der Waals surface area contributed by atoms with Gasteiger partial charge in [0.15, 0.2) is 0 Å². The molecule has 0 spiro atoms. The van der Waals surface area contributed by atoms with Gasteiger partial charge in [-0.25, -0.2) is 13.2 Å². The Kier molecular flexibility index (Phi) is 4.14. The van der Waals surface area contributed by atoms with Crippen LogP contribution in [0.3, 0.4) is 0 Å². The van der Waals surface area contributed by atoms with Gasteiger partial charge < -0.3 is 4.74 Å². The van der Waals surface area contributed by atoms with Crippen molar-refractivity contribution >= 4 is 16.0 Å². The van der Waals surface area contributed by atoms with Gasteiger partial charge in [-0.05, 0) is 18.8 Å². The monoisotopic (exact) mass is 301 g/mol. The van der Waals surface area contributed by atoms with E-state index in [9.17, 15) is 13.2 Å². The van der Waals surface area contributed by atoms with Crippen LogP contribution in [0.25, 0.3) is 0 Å². The Morgan fingerprint density at radius 1 is 1.50 bits per heavy atom. The van der Waals surface area contributed by atoms with E-state index in [0.717, 1.165) is 12.8 Å². The van der Waals surface area contributed by atoms with Gasteiger partial charge in [-0.3, -0.25) is 4.68 Å². The number of hydrogen-bond acceptors (Lipinski definition) is 5. The van der Waals surface area contributed by atoms with Crippen LogP contribution in [0.4, 0.5) is 0 Å². The molecule has 8 heteroatoms. The van der Waals surface area contributed by atoms with Crippen LogP contribution in [0, 0.1) is 5.92 Å². The number of carbonyl (C=O) groups is 1. The van der Waals surface area contributed by atoms with Crippen molar-refractivity contribution in [3.05, 3.63) is 11.8 Å². The van der Waals surface area contributed by atoms with Crippen LogP contribution < -0.4 is 0 Å². The molecule has 1 aromatic rings. The highest BCUT2D eigenvalue weighted by atomic mass is 32.2. The first-order valence-electron chi connectivity index (χ1n) is 6.48. The Morgan fingerprint density at radius 3 is 2.80 bits per heavy atom. The Bertz CT molecular complexity index is 608. The van der Waals surface area contributed by atoms with Crippen molar-refractivity contribution in [3.8, 4) is 0 Å². The van der Waals surface area contributed by atoms with E-state index >= 15 is 0 Å². The molecular weight excluding hydrogens is 282 g/mol. The number of ether oxygens (including phenoxy) is 1. The van der Waals surface area contributed by atoms with Gasteiger partial charge in [0.05, 0.1) is 7.11 Å². The average molecular weight is 301 g/mol. The molecule has 1 atom stereocenters. The average Bonchev–Trinajstić information content (AvgIpc) is 2.80. The summed E-state index contributed by atoms with van der Waals surface area (Å²) in [4.78, 5) is 11.7. The van der Waals surface area contributed by atoms with E-state index in [0.29, 0.717) is 19.0 Å². The lowest BCUT2D eigenvalue weighted by Gasteiger charge is -2.29. The first-order chi connectivity index (χ1) is 9.36. The summed E-state index contributed by atoms with van der Waals surface area (Å²) >= 11 is 0. The third-order valence-electron chi connectivity index (χ3n) is 3.40. The van der Waals surface area contributed by atoms with E-state index in [4.69, 9.17) is 0 Å². The van der Waals surface area contributed by atoms with Gasteiger partial charge in [0.1, 0.15) is 5.56 Å². The van der Waals surface area contributed by atoms with Crippen LogP contribution in [-0.4, -0.2) is 48.7 Å². The third-order valence-corrected chi connectivity index (χ3v) is 5.21. The zero-order valence-corrected chi connectivity index (χ0v) is 12.7. The Balaban J connectivity index is 2.41. The minimum atomic E-state index is -3.76. The maximum atomic E-state index is 12.6. The van der Waals surface area contributed by atoms with Gasteiger partial charge >= 0.3 is 5.97 Å². The zero-order valence-electron chi connectivity index (χ0n) is 11.9. The molecule has 0 N–H and O–H groups in total. The maximum Gasteiger partial charge on any atom is 0.342 e. The quantitative estimate of drug-likeness (QED) is 0.765. The highest BCUT2D eigenvalue weighted by molar-refractivity contribution is 7.89. The number of rotatable bonds is 3. The Hall–Kier alpha value is -1.41. The van der Waals surface area contributed by atoms with Gasteiger partial charge in [-0.1, -0.05) is 6.92 Å². The standard InChI is InChI=1S/C12H19N3O4S/c1-9-5-4-6-15(7-9)20(17,18)11-10(12(16)19-3)8-14(2)13-11/h8-9H,4-7H2,1-3H3. The normalized spacial score (nSPS) is 20.9. The molecule has 0 amide bonds. The minimum Gasteiger partial charge on any atom is -0.465 e. The molecule has 0 radical (unpaired) electrons. The molecule has 0 aromatic carbocycles. The van der Waals surface area contributed by atoms with Crippen molar-refractivity contribution in [2.24, 2.45) is 13.0 Å². The summed E-state index contributed by atoms with van der Waals surface area (Å²) in [7, 11) is -0.969. The molecule has 7 nitrogen and oxygen atoms in total. The van der Waals surface area contributed by atoms with Crippen LogP contribution in [0.1, 0.15) is 30.1 Å². The molecule has 2 heterocycles. The molecular formula is C12H19N3O4S. The second-order valence-corrected chi connectivity index (χ2v) is 6.98. The largest absolute Gasteiger partial charge is 0.465 e. The fourth-order valence-electron chi connectivity index (χ4n) is 2.40. The van der Waals surface area contributed by atoms with Gasteiger partial charge in [0, 0.05) is 26.3 Å². The van der Waals surface area contributed by atoms with Gasteiger partial charge in [0.2, 0.25) is 5.03 Å². The summed E-state index contributed by atoms with van der Waals surface area (Å²) in [5.74, 6) is -0.384. The van der Waals surface area contributed by atoms with Gasteiger partial charge in [0.25, 0.3) is 10.0 Å². The fourth-order valence-corrected chi connectivity index (χ4v) is 4.11. The van der Waals surface area contributed by atoms with Crippen LogP contribution in [-0.2, 0) is 21.8 Å². The second kappa shape index (κ2) is 5.53. The van der Waals surface area contributed by atoms with Crippen molar-refractivity contribution in [2.75, 3.05) is 20.2 Å². The van der Waals surface area contributed by atoms with Crippen molar-refractivity contribution < 1.29 is 17.9 Å². The number of hydrogen-bond donors (Lipinski definition) is 0. The first kappa shape index (κ1) is 15.0. The molecule has 1 aromatic heterocycles. The SMILES string of the molecule is COC(=O)c1cn(C)nc1S(=O)(=O)N1CCCC(C)C1. The fraction of sp³-hybridized carbons (Fsp3) is 0.667. The molecule has 0 saturated carbocycles. The highest BCUT2D eigenvalue weighted by Crippen LogP contribution is 2.24. The minimum absolute atomic E-state index is 0.0202. The lowest BCUT2D eigenvalue weighted by atomic mass is 10.0. The number of methoxy groups -OCH3 is 1. The maximum absolute atomic E-state index is 12.6. The summed E-state index contributed by atoms with van der Waals surface area (Å²) < 4.78 is 32.6. The molecule has 1 unspecified atom stereocenters. The summed E-state index contributed by atoms with van der Waals surface area (Å²) in [5.41, 5.74) is -0.0202. The van der Waals surface area contributed by atoms with Crippen molar-refractivity contribution in [3.63, 3.8) is 0 Å². The highest BCUT2D eigenvalue weighted by Gasteiger charge is 2.34. The van der Waals surface area contributed by atoms with E-state index in [1.807, 2.05) is 6.92 Å². The molecule has 112 valence electrons. The van der Waals surface area contributed by atoms with Crippen LogP contribution in [0.2, 0.25) is 0 Å². The first-order valence-corrected chi connectivity index (χ1v) is 7.92. The van der Waals surface area contributed by atoms with Crippen molar-refractivity contribution in [2.45, 2.75) is 24.8 Å². The molecule has 2 rings (SSSR count). The van der Waals surface area contributed by atoms with Crippen LogP contribution in [0.5, 0.6) is 0 Å².